The second kappa shape index (κ2) is 9.37. The topological polar surface area (TPSA) is 30.5 Å². The molecule has 0 amide bonds. The van der Waals surface area contributed by atoms with E-state index in [4.69, 9.17) is 9.47 Å². The average molecular weight is 490 g/mol. The molecule has 0 saturated carbocycles. The van der Waals surface area contributed by atoms with Crippen LogP contribution < -0.4 is 14.8 Å². The molecular weight excluding hydrogens is 469 g/mol. The predicted molar refractivity (Wildman–Crippen MR) is 108 cm³/mol. The minimum Gasteiger partial charge on any atom is -0.490 e. The van der Waals surface area contributed by atoms with E-state index in [0.29, 0.717) is 13.2 Å². The molecule has 2 aromatic rings. The highest BCUT2D eigenvalue weighted by Crippen LogP contribution is 2.34. The molecule has 2 aromatic carbocycles. The maximum atomic E-state index is 5.84. The molecule has 3 nitrogen and oxygen atoms in total. The van der Waals surface area contributed by atoms with Crippen LogP contribution in [0.15, 0.2) is 40.9 Å². The van der Waals surface area contributed by atoms with E-state index < -0.39 is 0 Å². The second-order valence-corrected chi connectivity index (χ2v) is 7.12. The molecule has 0 fully saturated rings. The van der Waals surface area contributed by atoms with Crippen molar-refractivity contribution >= 4 is 44.2 Å². The maximum Gasteiger partial charge on any atom is 0.174 e. The number of anilines is 1. The monoisotopic (exact) mass is 489 g/mol. The molecule has 0 unspecified atom stereocenters. The quantitative estimate of drug-likeness (QED) is 0.471. The lowest BCUT2D eigenvalue weighted by atomic mass is 10.2. The summed E-state index contributed by atoms with van der Waals surface area (Å²) in [5.41, 5.74) is 2.26. The third kappa shape index (κ3) is 5.57. The summed E-state index contributed by atoms with van der Waals surface area (Å²) in [5.74, 6) is 1.67. The van der Waals surface area contributed by atoms with Crippen molar-refractivity contribution in [3.05, 3.63) is 50.0 Å². The molecule has 0 saturated heterocycles. The molecule has 0 atom stereocenters. The summed E-state index contributed by atoms with van der Waals surface area (Å²) < 4.78 is 13.8. The van der Waals surface area contributed by atoms with E-state index in [1.54, 1.807) is 0 Å². The molecule has 0 bridgehead atoms. The molecule has 0 spiro atoms. The molecule has 0 heterocycles. The van der Waals surface area contributed by atoms with Crippen molar-refractivity contribution in [2.24, 2.45) is 0 Å². The lowest BCUT2D eigenvalue weighted by Crippen LogP contribution is -2.05. The van der Waals surface area contributed by atoms with Crippen LogP contribution in [-0.2, 0) is 6.54 Å². The summed E-state index contributed by atoms with van der Waals surface area (Å²) in [6.45, 7) is 6.16. The summed E-state index contributed by atoms with van der Waals surface area (Å²) in [7, 11) is 0. The zero-order valence-electron chi connectivity index (χ0n) is 13.4. The van der Waals surface area contributed by atoms with Gasteiger partial charge in [0.1, 0.15) is 0 Å². The Bertz CT molecular complexity index is 632. The largest absolute Gasteiger partial charge is 0.490 e. The summed E-state index contributed by atoms with van der Waals surface area (Å²) in [5, 5.41) is 3.43. The van der Waals surface area contributed by atoms with Crippen LogP contribution in [0.1, 0.15) is 25.8 Å². The Morgan fingerprint density at radius 2 is 1.83 bits per heavy atom. The second-order valence-electron chi connectivity index (χ2n) is 5.05. The van der Waals surface area contributed by atoms with Crippen LogP contribution in [0.3, 0.4) is 0 Å². The van der Waals surface area contributed by atoms with Gasteiger partial charge in [-0.1, -0.05) is 22.9 Å². The Kier molecular flexibility index (Phi) is 7.49. The number of halogens is 2. The van der Waals surface area contributed by atoms with Gasteiger partial charge in [-0.05, 0) is 77.9 Å². The third-order valence-electron chi connectivity index (χ3n) is 3.16. The van der Waals surface area contributed by atoms with Crippen molar-refractivity contribution in [1.82, 2.24) is 0 Å². The predicted octanol–water partition coefficient (Wildman–Crippen LogP) is 5.85. The molecule has 124 valence electrons. The molecule has 5 heteroatoms. The zero-order chi connectivity index (χ0) is 16.7. The Morgan fingerprint density at radius 3 is 2.48 bits per heavy atom. The molecule has 0 aromatic heterocycles. The van der Waals surface area contributed by atoms with Crippen molar-refractivity contribution < 1.29 is 9.47 Å². The maximum absolute atomic E-state index is 5.84. The van der Waals surface area contributed by atoms with Crippen LogP contribution in [0.4, 0.5) is 5.69 Å². The van der Waals surface area contributed by atoms with Crippen LogP contribution in [-0.4, -0.2) is 13.2 Å². The van der Waals surface area contributed by atoms with Crippen molar-refractivity contribution in [3.63, 3.8) is 0 Å². The average Bonchev–Trinajstić information content (AvgIpc) is 2.54. The van der Waals surface area contributed by atoms with Gasteiger partial charge in [-0.3, -0.25) is 0 Å². The van der Waals surface area contributed by atoms with Gasteiger partial charge in [0.25, 0.3) is 0 Å². The number of nitrogens with one attached hydrogen (secondary N) is 1. The van der Waals surface area contributed by atoms with Gasteiger partial charge in [-0.2, -0.15) is 0 Å². The third-order valence-corrected chi connectivity index (χ3v) is 4.49. The van der Waals surface area contributed by atoms with Gasteiger partial charge in [-0.15, -0.1) is 0 Å². The van der Waals surface area contributed by atoms with Crippen LogP contribution >= 0.6 is 38.5 Å². The van der Waals surface area contributed by atoms with Crippen molar-refractivity contribution in [3.8, 4) is 11.5 Å². The van der Waals surface area contributed by atoms with Gasteiger partial charge < -0.3 is 14.8 Å². The fourth-order valence-electron chi connectivity index (χ4n) is 2.10. The fourth-order valence-corrected chi connectivity index (χ4v) is 3.19. The summed E-state index contributed by atoms with van der Waals surface area (Å²) in [6.07, 6.45) is 0.981. The highest BCUT2D eigenvalue weighted by molar-refractivity contribution is 14.1. The Hall–Kier alpha value is -0.950. The first-order chi connectivity index (χ1) is 11.1. The summed E-state index contributed by atoms with van der Waals surface area (Å²) in [4.78, 5) is 0. The van der Waals surface area contributed by atoms with E-state index in [2.05, 4.69) is 75.0 Å². The summed E-state index contributed by atoms with van der Waals surface area (Å²) >= 11 is 5.76. The molecule has 23 heavy (non-hydrogen) atoms. The van der Waals surface area contributed by atoms with E-state index in [-0.39, 0.29) is 0 Å². The first kappa shape index (κ1) is 18.4. The number of hydrogen-bond acceptors (Lipinski definition) is 3. The zero-order valence-corrected chi connectivity index (χ0v) is 17.1. The van der Waals surface area contributed by atoms with E-state index in [9.17, 15) is 0 Å². The van der Waals surface area contributed by atoms with Gasteiger partial charge >= 0.3 is 0 Å². The van der Waals surface area contributed by atoms with Crippen molar-refractivity contribution in [1.29, 1.82) is 0 Å². The van der Waals surface area contributed by atoms with Gasteiger partial charge in [0.15, 0.2) is 11.5 Å². The highest BCUT2D eigenvalue weighted by Gasteiger charge is 2.12. The van der Waals surface area contributed by atoms with Gasteiger partial charge in [-0.25, -0.2) is 0 Å². The minimum absolute atomic E-state index is 0.627. The Labute approximate surface area is 160 Å². The Balaban J connectivity index is 2.13. The number of rotatable bonds is 8. The van der Waals surface area contributed by atoms with E-state index in [1.165, 1.54) is 5.56 Å². The molecular formula is C18H21BrINO2. The summed E-state index contributed by atoms with van der Waals surface area (Å²) in [6, 6.07) is 12.4. The SMILES string of the molecule is CCCOc1c(I)cc(CNc2ccc(Br)cc2)cc1OCC. The van der Waals surface area contributed by atoms with Gasteiger partial charge in [0, 0.05) is 16.7 Å². The van der Waals surface area contributed by atoms with Crippen LogP contribution in [0.5, 0.6) is 11.5 Å². The van der Waals surface area contributed by atoms with E-state index >= 15 is 0 Å². The minimum atomic E-state index is 0.627. The van der Waals surface area contributed by atoms with Crippen LogP contribution in [0.2, 0.25) is 0 Å². The van der Waals surface area contributed by atoms with Crippen LogP contribution in [0.25, 0.3) is 0 Å². The lowest BCUT2D eigenvalue weighted by molar-refractivity contribution is 0.275. The van der Waals surface area contributed by atoms with Gasteiger partial charge in [0.05, 0.1) is 16.8 Å². The van der Waals surface area contributed by atoms with Crippen molar-refractivity contribution in [2.45, 2.75) is 26.8 Å². The normalized spacial score (nSPS) is 10.4. The first-order valence-corrected chi connectivity index (χ1v) is 9.58. The molecule has 2 rings (SSSR count). The highest BCUT2D eigenvalue weighted by atomic mass is 127. The number of ether oxygens (including phenoxy) is 2. The molecule has 0 aliphatic heterocycles. The molecule has 0 aliphatic carbocycles. The Morgan fingerprint density at radius 1 is 1.09 bits per heavy atom. The lowest BCUT2D eigenvalue weighted by Gasteiger charge is -2.15. The van der Waals surface area contributed by atoms with Gasteiger partial charge in [0.2, 0.25) is 0 Å². The van der Waals surface area contributed by atoms with Crippen molar-refractivity contribution in [2.75, 3.05) is 18.5 Å². The fraction of sp³-hybridized carbons (Fsp3) is 0.333. The number of benzene rings is 2. The standard InChI is InChI=1S/C18H21BrINO2/c1-3-9-23-18-16(20)10-13(11-17(18)22-4-2)12-21-15-7-5-14(19)6-8-15/h5-8,10-11,21H,3-4,9,12H2,1-2H3. The molecule has 1 N–H and O–H groups in total. The molecule has 0 aliphatic rings. The number of hydrogen-bond donors (Lipinski definition) is 1. The van der Waals surface area contributed by atoms with E-state index in [0.717, 1.165) is 38.2 Å². The molecule has 0 radical (unpaired) electrons. The van der Waals surface area contributed by atoms with Crippen LogP contribution in [0, 0.1) is 3.57 Å². The first-order valence-electron chi connectivity index (χ1n) is 7.71. The van der Waals surface area contributed by atoms with E-state index in [1.807, 2.05) is 19.1 Å². The smallest absolute Gasteiger partial charge is 0.174 e.